The van der Waals surface area contributed by atoms with Crippen LogP contribution in [0.4, 0.5) is 5.82 Å². The summed E-state index contributed by atoms with van der Waals surface area (Å²) in [5, 5.41) is 5.72. The lowest BCUT2D eigenvalue weighted by Gasteiger charge is -2.14. The number of hydrogen-bond acceptors (Lipinski definition) is 4. The molecule has 0 bridgehead atoms. The van der Waals surface area contributed by atoms with Crippen molar-refractivity contribution in [2.75, 3.05) is 32.5 Å². The van der Waals surface area contributed by atoms with E-state index in [1.807, 2.05) is 60.7 Å². The van der Waals surface area contributed by atoms with Crippen molar-refractivity contribution in [3.05, 3.63) is 76.8 Å². The number of para-hydroxylation sites is 1. The highest BCUT2D eigenvalue weighted by atomic mass is 35.5. The Kier molecular flexibility index (Phi) is 6.71. The Bertz CT molecular complexity index is 1210. The molecule has 0 spiro atoms. The molecule has 4 rings (SSSR count). The van der Waals surface area contributed by atoms with Gasteiger partial charge in [0, 0.05) is 28.1 Å². The van der Waals surface area contributed by atoms with Gasteiger partial charge in [-0.2, -0.15) is 0 Å². The van der Waals surface area contributed by atoms with Crippen LogP contribution in [0.25, 0.3) is 33.4 Å². The van der Waals surface area contributed by atoms with E-state index in [0.717, 1.165) is 52.9 Å². The Morgan fingerprint density at radius 1 is 0.839 bits per heavy atom. The normalized spacial score (nSPS) is 11.3. The molecule has 0 aliphatic rings. The second-order valence-corrected chi connectivity index (χ2v) is 8.49. The predicted molar refractivity (Wildman–Crippen MR) is 132 cm³/mol. The first kappa shape index (κ1) is 21.6. The summed E-state index contributed by atoms with van der Waals surface area (Å²) in [4.78, 5) is 11.8. The van der Waals surface area contributed by atoms with Crippen molar-refractivity contribution in [2.45, 2.75) is 6.42 Å². The highest BCUT2D eigenvalue weighted by molar-refractivity contribution is 6.35. The molecule has 1 N–H and O–H groups in total. The van der Waals surface area contributed by atoms with Crippen molar-refractivity contribution < 1.29 is 0 Å². The van der Waals surface area contributed by atoms with Gasteiger partial charge in [-0.05, 0) is 56.9 Å². The van der Waals surface area contributed by atoms with Crippen molar-refractivity contribution in [3.63, 3.8) is 0 Å². The summed E-state index contributed by atoms with van der Waals surface area (Å²) in [6, 6.07) is 21.7. The number of nitrogens with zero attached hydrogens (tertiary/aromatic N) is 3. The van der Waals surface area contributed by atoms with Crippen molar-refractivity contribution in [1.29, 1.82) is 0 Å². The zero-order valence-corrected chi connectivity index (χ0v) is 19.1. The summed E-state index contributed by atoms with van der Waals surface area (Å²) in [7, 11) is 4.15. The van der Waals surface area contributed by atoms with Crippen LogP contribution in [0.1, 0.15) is 6.42 Å². The van der Waals surface area contributed by atoms with E-state index in [4.69, 9.17) is 33.2 Å². The maximum atomic E-state index is 6.50. The largest absolute Gasteiger partial charge is 0.369 e. The first-order chi connectivity index (χ1) is 15.0. The molecule has 0 saturated carbocycles. The molecule has 0 amide bonds. The fraction of sp³-hybridized carbons (Fsp3) is 0.200. The Hall–Kier alpha value is -2.66. The average Bonchev–Trinajstić information content (AvgIpc) is 2.77. The fourth-order valence-electron chi connectivity index (χ4n) is 3.50. The van der Waals surface area contributed by atoms with Gasteiger partial charge in [0.05, 0.1) is 10.5 Å². The molecule has 0 fully saturated rings. The zero-order valence-electron chi connectivity index (χ0n) is 17.6. The van der Waals surface area contributed by atoms with Gasteiger partial charge in [-0.25, -0.2) is 9.97 Å². The minimum Gasteiger partial charge on any atom is -0.369 e. The van der Waals surface area contributed by atoms with Crippen molar-refractivity contribution in [3.8, 4) is 22.5 Å². The van der Waals surface area contributed by atoms with E-state index in [0.29, 0.717) is 15.9 Å². The van der Waals surface area contributed by atoms with Crippen LogP contribution in [-0.4, -0.2) is 42.1 Å². The average molecular weight is 451 g/mol. The number of aromatic nitrogens is 2. The van der Waals surface area contributed by atoms with Gasteiger partial charge in [0.15, 0.2) is 5.82 Å². The predicted octanol–water partition coefficient (Wildman–Crippen LogP) is 6.63. The second-order valence-electron chi connectivity index (χ2n) is 7.68. The van der Waals surface area contributed by atoms with Crippen LogP contribution in [0, 0.1) is 0 Å². The molecule has 0 saturated heterocycles. The van der Waals surface area contributed by atoms with Gasteiger partial charge < -0.3 is 10.2 Å². The molecule has 1 aromatic heterocycles. The lowest BCUT2D eigenvalue weighted by atomic mass is 10.0. The van der Waals surface area contributed by atoms with Crippen LogP contribution in [0.15, 0.2) is 66.7 Å². The lowest BCUT2D eigenvalue weighted by molar-refractivity contribution is 0.405. The molecule has 4 nitrogen and oxygen atoms in total. The topological polar surface area (TPSA) is 41.0 Å². The molecule has 4 aromatic rings. The first-order valence-corrected chi connectivity index (χ1v) is 11.0. The quantitative estimate of drug-likeness (QED) is 0.320. The SMILES string of the molecule is CN(C)CCCNc1nc(-c2cccc(-c3ccccc3Cl)c2)nc2c(Cl)cccc12. The van der Waals surface area contributed by atoms with E-state index in [2.05, 4.69) is 30.4 Å². The second kappa shape index (κ2) is 9.65. The number of nitrogens with one attached hydrogen (secondary N) is 1. The number of rotatable bonds is 7. The third kappa shape index (κ3) is 4.99. The summed E-state index contributed by atoms with van der Waals surface area (Å²) in [6.45, 7) is 1.82. The fourth-order valence-corrected chi connectivity index (χ4v) is 3.97. The van der Waals surface area contributed by atoms with E-state index in [-0.39, 0.29) is 0 Å². The molecule has 0 atom stereocenters. The van der Waals surface area contributed by atoms with Gasteiger partial charge in [0.1, 0.15) is 5.82 Å². The number of halogens is 2. The van der Waals surface area contributed by atoms with Crippen LogP contribution in [0.3, 0.4) is 0 Å². The molecule has 0 aliphatic carbocycles. The third-order valence-corrected chi connectivity index (χ3v) is 5.69. The van der Waals surface area contributed by atoms with Crippen LogP contribution in [-0.2, 0) is 0 Å². The van der Waals surface area contributed by atoms with Crippen molar-refractivity contribution in [1.82, 2.24) is 14.9 Å². The molecule has 31 heavy (non-hydrogen) atoms. The number of hydrogen-bond donors (Lipinski definition) is 1. The van der Waals surface area contributed by atoms with Crippen LogP contribution in [0.5, 0.6) is 0 Å². The maximum absolute atomic E-state index is 6.50. The van der Waals surface area contributed by atoms with Crippen molar-refractivity contribution >= 4 is 39.9 Å². The van der Waals surface area contributed by atoms with Crippen LogP contribution in [0.2, 0.25) is 10.0 Å². The Balaban J connectivity index is 1.75. The summed E-state index contributed by atoms with van der Waals surface area (Å²) in [6.07, 6.45) is 1.01. The smallest absolute Gasteiger partial charge is 0.162 e. The van der Waals surface area contributed by atoms with E-state index in [9.17, 15) is 0 Å². The highest BCUT2D eigenvalue weighted by Crippen LogP contribution is 2.33. The number of anilines is 1. The third-order valence-electron chi connectivity index (χ3n) is 5.06. The standard InChI is InChI=1S/C25H24Cl2N4/c1-31(2)15-7-14-28-25-20-11-6-13-22(27)23(20)29-24(30-25)18-9-5-8-17(16-18)19-10-3-4-12-21(19)26/h3-6,8-13,16H,7,14-15H2,1-2H3,(H,28,29,30). The summed E-state index contributed by atoms with van der Waals surface area (Å²) >= 11 is 12.9. The van der Waals surface area contributed by atoms with E-state index in [1.165, 1.54) is 0 Å². The highest BCUT2D eigenvalue weighted by Gasteiger charge is 2.13. The molecule has 158 valence electrons. The monoisotopic (exact) mass is 450 g/mol. The lowest BCUT2D eigenvalue weighted by Crippen LogP contribution is -2.17. The minimum absolute atomic E-state index is 0.611. The van der Waals surface area contributed by atoms with Gasteiger partial charge in [-0.3, -0.25) is 0 Å². The number of fused-ring (bicyclic) bond motifs is 1. The van der Waals surface area contributed by atoms with E-state index in [1.54, 1.807) is 0 Å². The molecular weight excluding hydrogens is 427 g/mol. The molecule has 1 heterocycles. The Labute approximate surface area is 192 Å². The van der Waals surface area contributed by atoms with Crippen LogP contribution >= 0.6 is 23.2 Å². The van der Waals surface area contributed by atoms with E-state index < -0.39 is 0 Å². The first-order valence-electron chi connectivity index (χ1n) is 10.2. The molecule has 0 unspecified atom stereocenters. The van der Waals surface area contributed by atoms with Gasteiger partial charge in [0.25, 0.3) is 0 Å². The van der Waals surface area contributed by atoms with Gasteiger partial charge in [-0.1, -0.05) is 65.7 Å². The molecule has 6 heteroatoms. The van der Waals surface area contributed by atoms with Gasteiger partial charge >= 0.3 is 0 Å². The summed E-state index contributed by atoms with van der Waals surface area (Å²) < 4.78 is 0. The molecule has 0 radical (unpaired) electrons. The number of benzene rings is 3. The molecule has 0 aliphatic heterocycles. The maximum Gasteiger partial charge on any atom is 0.162 e. The molecule has 3 aromatic carbocycles. The van der Waals surface area contributed by atoms with Crippen molar-refractivity contribution in [2.24, 2.45) is 0 Å². The Morgan fingerprint density at radius 2 is 1.58 bits per heavy atom. The van der Waals surface area contributed by atoms with Crippen LogP contribution < -0.4 is 5.32 Å². The summed E-state index contributed by atoms with van der Waals surface area (Å²) in [5.41, 5.74) is 3.65. The van der Waals surface area contributed by atoms with E-state index >= 15 is 0 Å². The van der Waals surface area contributed by atoms with Gasteiger partial charge in [0.2, 0.25) is 0 Å². The van der Waals surface area contributed by atoms with Gasteiger partial charge in [-0.15, -0.1) is 0 Å². The Morgan fingerprint density at radius 3 is 2.39 bits per heavy atom. The minimum atomic E-state index is 0.611. The molecular formula is C25H24Cl2N4. The zero-order chi connectivity index (χ0) is 21.8. The summed E-state index contributed by atoms with van der Waals surface area (Å²) in [5.74, 6) is 1.43.